The number of H-pyrrole nitrogens is 1. The Hall–Kier alpha value is -2.03. The molecular formula is C11H14BrN7O. The molecule has 0 radical (unpaired) electrons. The summed E-state index contributed by atoms with van der Waals surface area (Å²) in [4.78, 5) is 16.4. The number of hydrogen-bond donors (Lipinski definition) is 3. The van der Waals surface area contributed by atoms with E-state index in [0.29, 0.717) is 17.2 Å². The van der Waals surface area contributed by atoms with Gasteiger partial charge in [0, 0.05) is 17.2 Å². The zero-order valence-corrected chi connectivity index (χ0v) is 12.4. The highest BCUT2D eigenvalue weighted by Crippen LogP contribution is 2.18. The van der Waals surface area contributed by atoms with Crippen LogP contribution in [0.5, 0.6) is 0 Å². The van der Waals surface area contributed by atoms with Gasteiger partial charge in [0.2, 0.25) is 0 Å². The lowest BCUT2D eigenvalue weighted by molar-refractivity contribution is 0.0950. The lowest BCUT2D eigenvalue weighted by Crippen LogP contribution is -2.25. The number of carbonyl (C=O) groups excluding carboxylic acids is 1. The Bertz CT molecular complexity index is 572. The maximum atomic E-state index is 12.2. The van der Waals surface area contributed by atoms with Gasteiger partial charge in [-0.15, -0.1) is 10.2 Å². The highest BCUT2D eigenvalue weighted by Gasteiger charge is 2.13. The molecular weight excluding hydrogens is 326 g/mol. The number of tetrazole rings is 1. The minimum atomic E-state index is -0.248. The van der Waals surface area contributed by atoms with E-state index in [-0.39, 0.29) is 12.5 Å². The number of aromatic amines is 1. The van der Waals surface area contributed by atoms with E-state index in [0.717, 1.165) is 17.4 Å². The van der Waals surface area contributed by atoms with E-state index in [4.69, 9.17) is 0 Å². The Morgan fingerprint density at radius 3 is 3.05 bits per heavy atom. The van der Waals surface area contributed by atoms with Gasteiger partial charge in [-0.25, -0.2) is 4.98 Å². The third kappa shape index (κ3) is 3.73. The molecule has 2 rings (SSSR count). The third-order valence-electron chi connectivity index (χ3n) is 2.44. The number of anilines is 1. The summed E-state index contributed by atoms with van der Waals surface area (Å²) >= 11 is 3.31. The van der Waals surface area contributed by atoms with Crippen molar-refractivity contribution in [1.82, 2.24) is 30.9 Å². The van der Waals surface area contributed by atoms with Crippen molar-refractivity contribution in [3.63, 3.8) is 0 Å². The first-order valence-electron chi connectivity index (χ1n) is 6.10. The van der Waals surface area contributed by atoms with Gasteiger partial charge in [-0.05, 0) is 28.4 Å². The maximum Gasteiger partial charge on any atom is 0.255 e. The summed E-state index contributed by atoms with van der Waals surface area (Å²) in [5, 5.41) is 19.1. The highest BCUT2D eigenvalue weighted by atomic mass is 79.9. The molecule has 20 heavy (non-hydrogen) atoms. The average molecular weight is 340 g/mol. The van der Waals surface area contributed by atoms with E-state index in [1.807, 2.05) is 6.92 Å². The number of carbonyl (C=O) groups is 1. The second-order valence-electron chi connectivity index (χ2n) is 3.99. The fraction of sp³-hybridized carbons (Fsp3) is 0.364. The van der Waals surface area contributed by atoms with Crippen molar-refractivity contribution in [1.29, 1.82) is 0 Å². The van der Waals surface area contributed by atoms with Gasteiger partial charge < -0.3 is 10.6 Å². The fourth-order valence-corrected chi connectivity index (χ4v) is 1.84. The van der Waals surface area contributed by atoms with Crippen molar-refractivity contribution in [3.05, 3.63) is 28.1 Å². The van der Waals surface area contributed by atoms with Crippen LogP contribution in [0.2, 0.25) is 0 Å². The Balaban J connectivity index is 2.08. The number of halogens is 1. The maximum absolute atomic E-state index is 12.2. The first-order chi connectivity index (χ1) is 9.70. The standard InChI is InChI=1S/C11H14BrN7O/c1-2-3-13-10-8(4-7(12)5-14-10)11(20)15-6-9-16-18-19-17-9/h4-5H,2-3,6H2,1H3,(H,13,14)(H,15,20)(H,16,17,18,19). The normalized spacial score (nSPS) is 10.3. The molecule has 0 fully saturated rings. The smallest absolute Gasteiger partial charge is 0.255 e. The van der Waals surface area contributed by atoms with Crippen LogP contribution in [0.3, 0.4) is 0 Å². The molecule has 0 aromatic carbocycles. The molecule has 0 aliphatic carbocycles. The summed E-state index contributed by atoms with van der Waals surface area (Å²) in [6.45, 7) is 3.00. The van der Waals surface area contributed by atoms with Gasteiger partial charge in [0.05, 0.1) is 12.1 Å². The second-order valence-corrected chi connectivity index (χ2v) is 4.90. The predicted molar refractivity (Wildman–Crippen MR) is 76.1 cm³/mol. The molecule has 0 unspecified atom stereocenters. The molecule has 0 saturated carbocycles. The van der Waals surface area contributed by atoms with Crippen LogP contribution in [0.15, 0.2) is 16.7 Å². The van der Waals surface area contributed by atoms with E-state index < -0.39 is 0 Å². The van der Waals surface area contributed by atoms with E-state index in [2.05, 4.69) is 52.2 Å². The molecule has 0 atom stereocenters. The van der Waals surface area contributed by atoms with Crippen molar-refractivity contribution in [2.24, 2.45) is 0 Å². The van der Waals surface area contributed by atoms with Crippen LogP contribution >= 0.6 is 15.9 Å². The van der Waals surface area contributed by atoms with Gasteiger partial charge in [0.15, 0.2) is 5.82 Å². The van der Waals surface area contributed by atoms with Crippen LogP contribution in [0, 0.1) is 0 Å². The summed E-state index contributed by atoms with van der Waals surface area (Å²) in [7, 11) is 0. The van der Waals surface area contributed by atoms with Crippen molar-refractivity contribution < 1.29 is 4.79 Å². The number of hydrogen-bond acceptors (Lipinski definition) is 6. The molecule has 9 heteroatoms. The molecule has 3 N–H and O–H groups in total. The first-order valence-corrected chi connectivity index (χ1v) is 6.90. The van der Waals surface area contributed by atoms with Crippen molar-refractivity contribution in [3.8, 4) is 0 Å². The number of aromatic nitrogens is 5. The first kappa shape index (κ1) is 14.4. The van der Waals surface area contributed by atoms with Crippen LogP contribution in [-0.4, -0.2) is 38.1 Å². The zero-order chi connectivity index (χ0) is 14.4. The molecule has 106 valence electrons. The lowest BCUT2D eigenvalue weighted by atomic mass is 10.2. The predicted octanol–water partition coefficient (Wildman–Crippen LogP) is 1.11. The van der Waals surface area contributed by atoms with Crippen LogP contribution in [0.4, 0.5) is 5.82 Å². The van der Waals surface area contributed by atoms with Crippen LogP contribution in [0.25, 0.3) is 0 Å². The van der Waals surface area contributed by atoms with E-state index in [9.17, 15) is 4.79 Å². The lowest BCUT2D eigenvalue weighted by Gasteiger charge is -2.10. The molecule has 0 saturated heterocycles. The van der Waals surface area contributed by atoms with Gasteiger partial charge >= 0.3 is 0 Å². The second kappa shape index (κ2) is 6.94. The number of rotatable bonds is 6. The number of nitrogens with one attached hydrogen (secondary N) is 3. The molecule has 8 nitrogen and oxygen atoms in total. The molecule has 2 aromatic rings. The minimum absolute atomic E-state index is 0.203. The van der Waals surface area contributed by atoms with Crippen molar-refractivity contribution in [2.75, 3.05) is 11.9 Å². The molecule has 2 aromatic heterocycles. The van der Waals surface area contributed by atoms with Gasteiger partial charge in [0.1, 0.15) is 5.82 Å². The largest absolute Gasteiger partial charge is 0.369 e. The summed E-state index contributed by atoms with van der Waals surface area (Å²) < 4.78 is 0.740. The van der Waals surface area contributed by atoms with E-state index in [1.165, 1.54) is 0 Å². The van der Waals surface area contributed by atoms with E-state index in [1.54, 1.807) is 12.3 Å². The monoisotopic (exact) mass is 339 g/mol. The van der Waals surface area contributed by atoms with Gasteiger partial charge in [-0.1, -0.05) is 12.1 Å². The Morgan fingerprint density at radius 1 is 1.50 bits per heavy atom. The molecule has 0 aliphatic heterocycles. The van der Waals surface area contributed by atoms with E-state index >= 15 is 0 Å². The SMILES string of the molecule is CCCNc1ncc(Br)cc1C(=O)NCc1nn[nH]n1. The van der Waals surface area contributed by atoms with Gasteiger partial charge in [0.25, 0.3) is 5.91 Å². The number of pyridine rings is 1. The molecule has 0 spiro atoms. The Labute approximate surface area is 123 Å². The summed E-state index contributed by atoms with van der Waals surface area (Å²) in [6.07, 6.45) is 2.59. The topological polar surface area (TPSA) is 108 Å². The molecule has 0 bridgehead atoms. The van der Waals surface area contributed by atoms with Crippen LogP contribution in [0.1, 0.15) is 29.5 Å². The van der Waals surface area contributed by atoms with Gasteiger partial charge in [-0.3, -0.25) is 4.79 Å². The highest BCUT2D eigenvalue weighted by molar-refractivity contribution is 9.10. The average Bonchev–Trinajstić information content (AvgIpc) is 2.96. The third-order valence-corrected chi connectivity index (χ3v) is 2.87. The van der Waals surface area contributed by atoms with Crippen LogP contribution in [-0.2, 0) is 6.54 Å². The van der Waals surface area contributed by atoms with Crippen molar-refractivity contribution in [2.45, 2.75) is 19.9 Å². The fourth-order valence-electron chi connectivity index (χ4n) is 1.51. The summed E-state index contributed by atoms with van der Waals surface area (Å²) in [5.74, 6) is 0.729. The minimum Gasteiger partial charge on any atom is -0.369 e. The quantitative estimate of drug-likeness (QED) is 0.727. The summed E-state index contributed by atoms with van der Waals surface area (Å²) in [5.41, 5.74) is 0.469. The molecule has 2 heterocycles. The zero-order valence-electron chi connectivity index (χ0n) is 10.9. The Kier molecular flexibility index (Phi) is 4.99. The van der Waals surface area contributed by atoms with Crippen molar-refractivity contribution >= 4 is 27.7 Å². The van der Waals surface area contributed by atoms with Gasteiger partial charge in [-0.2, -0.15) is 5.21 Å². The molecule has 0 aliphatic rings. The summed E-state index contributed by atoms with van der Waals surface area (Å²) in [6, 6.07) is 1.72. The Morgan fingerprint density at radius 2 is 2.35 bits per heavy atom. The molecule has 1 amide bonds. The number of nitrogens with zero attached hydrogens (tertiary/aromatic N) is 4. The van der Waals surface area contributed by atoms with Crippen LogP contribution < -0.4 is 10.6 Å². The number of amides is 1.